The number of fused-ring (bicyclic) bond motifs is 1. The summed E-state index contributed by atoms with van der Waals surface area (Å²) in [6.07, 6.45) is -2.72. The molecule has 130 valence electrons. The highest BCUT2D eigenvalue weighted by Crippen LogP contribution is 2.50. The third kappa shape index (κ3) is 2.96. The molecule has 0 spiro atoms. The van der Waals surface area contributed by atoms with Crippen LogP contribution in [0, 0.1) is 5.92 Å². The summed E-state index contributed by atoms with van der Waals surface area (Å²) in [5, 5.41) is 7.93. The molecule has 0 radical (unpaired) electrons. The summed E-state index contributed by atoms with van der Waals surface area (Å²) in [6.45, 7) is 0. The van der Waals surface area contributed by atoms with E-state index in [1.165, 1.54) is 12.1 Å². The first-order valence-electron chi connectivity index (χ1n) is 7.63. The molecule has 0 saturated heterocycles. The fraction of sp³-hybridized carbons (Fsp3) is 0.294. The van der Waals surface area contributed by atoms with E-state index in [1.54, 1.807) is 22.7 Å². The van der Waals surface area contributed by atoms with Gasteiger partial charge in [0.2, 0.25) is 0 Å². The molecule has 3 nitrogen and oxygen atoms in total. The van der Waals surface area contributed by atoms with Crippen LogP contribution >= 0.6 is 0 Å². The molecule has 0 aliphatic heterocycles. The van der Waals surface area contributed by atoms with Crippen molar-refractivity contribution in [2.75, 3.05) is 0 Å². The van der Waals surface area contributed by atoms with Gasteiger partial charge in [-0.25, -0.2) is 8.78 Å². The molecule has 2 heterocycles. The SMILES string of the molecule is FC(F)(F)c1ccc(-c2ccn3c(CC4CC4(F)F)nnc3c2)cc1. The molecule has 25 heavy (non-hydrogen) atoms. The van der Waals surface area contributed by atoms with Crippen molar-refractivity contribution < 1.29 is 22.0 Å². The molecule has 0 bridgehead atoms. The fourth-order valence-electron chi connectivity index (χ4n) is 2.82. The van der Waals surface area contributed by atoms with Gasteiger partial charge in [0.05, 0.1) is 5.56 Å². The smallest absolute Gasteiger partial charge is 0.286 e. The average Bonchev–Trinajstić information content (AvgIpc) is 2.98. The molecule has 1 aromatic carbocycles. The predicted molar refractivity (Wildman–Crippen MR) is 80.2 cm³/mol. The number of rotatable bonds is 3. The number of nitrogens with zero attached hydrogens (tertiary/aromatic N) is 3. The number of alkyl halides is 5. The van der Waals surface area contributed by atoms with Gasteiger partial charge < -0.3 is 0 Å². The third-order valence-corrected chi connectivity index (χ3v) is 4.41. The molecule has 0 N–H and O–H groups in total. The van der Waals surface area contributed by atoms with E-state index in [2.05, 4.69) is 10.2 Å². The van der Waals surface area contributed by atoms with Crippen LogP contribution in [0.3, 0.4) is 0 Å². The second-order valence-corrected chi connectivity index (χ2v) is 6.20. The minimum absolute atomic E-state index is 0.133. The second-order valence-electron chi connectivity index (χ2n) is 6.20. The lowest BCUT2D eigenvalue weighted by molar-refractivity contribution is -0.137. The molecule has 0 amide bonds. The molecule has 1 aliphatic rings. The summed E-state index contributed by atoms with van der Waals surface area (Å²) in [5.41, 5.74) is 1.04. The highest BCUT2D eigenvalue weighted by atomic mass is 19.4. The van der Waals surface area contributed by atoms with Gasteiger partial charge in [-0.3, -0.25) is 4.40 Å². The van der Waals surface area contributed by atoms with Crippen molar-refractivity contribution >= 4 is 5.65 Å². The Morgan fingerprint density at radius 1 is 1.04 bits per heavy atom. The van der Waals surface area contributed by atoms with Crippen LogP contribution in [-0.4, -0.2) is 20.5 Å². The summed E-state index contributed by atoms with van der Waals surface area (Å²) in [5.74, 6) is -2.86. The Balaban J connectivity index is 1.61. The van der Waals surface area contributed by atoms with Gasteiger partial charge in [0, 0.05) is 25.0 Å². The summed E-state index contributed by atoms with van der Waals surface area (Å²) < 4.78 is 65.6. The summed E-state index contributed by atoms with van der Waals surface area (Å²) in [4.78, 5) is 0. The molecular formula is C17H12F5N3. The van der Waals surface area contributed by atoms with E-state index in [1.807, 2.05) is 0 Å². The van der Waals surface area contributed by atoms with Gasteiger partial charge in [0.15, 0.2) is 5.65 Å². The Bertz CT molecular complexity index is 928. The van der Waals surface area contributed by atoms with Crippen LogP contribution in [-0.2, 0) is 12.6 Å². The molecule has 1 fully saturated rings. The Hall–Kier alpha value is -2.51. The molecule has 4 rings (SSSR count). The maximum Gasteiger partial charge on any atom is 0.416 e. The van der Waals surface area contributed by atoms with Crippen LogP contribution in [0.25, 0.3) is 16.8 Å². The first-order chi connectivity index (χ1) is 11.7. The maximum atomic E-state index is 13.1. The van der Waals surface area contributed by atoms with Crippen LogP contribution in [0.15, 0.2) is 42.6 Å². The van der Waals surface area contributed by atoms with Crippen molar-refractivity contribution in [3.63, 3.8) is 0 Å². The average molecular weight is 353 g/mol. The number of hydrogen-bond acceptors (Lipinski definition) is 2. The van der Waals surface area contributed by atoms with E-state index in [0.29, 0.717) is 22.6 Å². The van der Waals surface area contributed by atoms with Gasteiger partial charge in [-0.15, -0.1) is 10.2 Å². The monoisotopic (exact) mass is 353 g/mol. The highest BCUT2D eigenvalue weighted by molar-refractivity contribution is 5.67. The summed E-state index contributed by atoms with van der Waals surface area (Å²) in [7, 11) is 0. The fourth-order valence-corrected chi connectivity index (χ4v) is 2.82. The Kier molecular flexibility index (Phi) is 3.35. The molecule has 1 unspecified atom stereocenters. The quantitative estimate of drug-likeness (QED) is 0.644. The standard InChI is InChI=1S/C17H12F5N3/c18-16(19)9-13(16)8-15-24-23-14-7-11(5-6-25(14)15)10-1-3-12(4-2-10)17(20,21)22/h1-7,13H,8-9H2. The lowest BCUT2D eigenvalue weighted by atomic mass is 10.0. The van der Waals surface area contributed by atoms with Gasteiger partial charge in [-0.05, 0) is 35.4 Å². The van der Waals surface area contributed by atoms with Gasteiger partial charge in [-0.1, -0.05) is 12.1 Å². The van der Waals surface area contributed by atoms with E-state index < -0.39 is 23.6 Å². The zero-order valence-electron chi connectivity index (χ0n) is 12.8. The topological polar surface area (TPSA) is 30.2 Å². The van der Waals surface area contributed by atoms with Crippen molar-refractivity contribution in [1.29, 1.82) is 0 Å². The molecule has 1 saturated carbocycles. The van der Waals surface area contributed by atoms with Crippen LogP contribution in [0.1, 0.15) is 17.8 Å². The van der Waals surface area contributed by atoms with Crippen molar-refractivity contribution in [3.8, 4) is 11.1 Å². The van der Waals surface area contributed by atoms with Crippen LogP contribution in [0.5, 0.6) is 0 Å². The van der Waals surface area contributed by atoms with Gasteiger partial charge in [0.25, 0.3) is 5.92 Å². The normalized spacial score (nSPS) is 19.3. The lowest BCUT2D eigenvalue weighted by Gasteiger charge is -2.08. The number of pyridine rings is 1. The second kappa shape index (κ2) is 5.24. The predicted octanol–water partition coefficient (Wildman–Crippen LogP) is 4.61. The Morgan fingerprint density at radius 2 is 1.72 bits per heavy atom. The number of benzene rings is 1. The van der Waals surface area contributed by atoms with Crippen molar-refractivity contribution in [2.45, 2.75) is 24.9 Å². The van der Waals surface area contributed by atoms with Gasteiger partial charge in [0.1, 0.15) is 5.82 Å². The highest BCUT2D eigenvalue weighted by Gasteiger charge is 2.56. The number of halogens is 5. The van der Waals surface area contributed by atoms with E-state index in [9.17, 15) is 22.0 Å². The molecule has 2 aromatic heterocycles. The van der Waals surface area contributed by atoms with Gasteiger partial charge >= 0.3 is 6.18 Å². The number of aromatic nitrogens is 3. The maximum absolute atomic E-state index is 13.1. The van der Waals surface area contributed by atoms with E-state index in [-0.39, 0.29) is 12.8 Å². The van der Waals surface area contributed by atoms with Crippen LogP contribution in [0.4, 0.5) is 22.0 Å². The van der Waals surface area contributed by atoms with E-state index in [0.717, 1.165) is 12.1 Å². The lowest BCUT2D eigenvalue weighted by Crippen LogP contribution is -2.04. The molecule has 1 atom stereocenters. The van der Waals surface area contributed by atoms with Crippen molar-refractivity contribution in [2.24, 2.45) is 5.92 Å². The minimum atomic E-state index is -4.38. The van der Waals surface area contributed by atoms with Crippen molar-refractivity contribution in [1.82, 2.24) is 14.6 Å². The zero-order chi connectivity index (χ0) is 17.8. The largest absolute Gasteiger partial charge is 0.416 e. The first kappa shape index (κ1) is 16.0. The molecule has 8 heteroatoms. The van der Waals surface area contributed by atoms with Gasteiger partial charge in [-0.2, -0.15) is 13.2 Å². The molecular weight excluding hydrogens is 341 g/mol. The van der Waals surface area contributed by atoms with Crippen LogP contribution in [0.2, 0.25) is 0 Å². The number of hydrogen-bond donors (Lipinski definition) is 0. The summed E-state index contributed by atoms with van der Waals surface area (Å²) >= 11 is 0. The molecule has 3 aromatic rings. The van der Waals surface area contributed by atoms with Crippen LogP contribution < -0.4 is 0 Å². The Morgan fingerprint density at radius 3 is 2.32 bits per heavy atom. The van der Waals surface area contributed by atoms with Crippen molar-refractivity contribution in [3.05, 3.63) is 54.0 Å². The minimum Gasteiger partial charge on any atom is -0.286 e. The van der Waals surface area contributed by atoms with E-state index in [4.69, 9.17) is 0 Å². The Labute approximate surface area is 139 Å². The summed E-state index contributed by atoms with van der Waals surface area (Å²) in [6, 6.07) is 8.18. The van der Waals surface area contributed by atoms with E-state index >= 15 is 0 Å². The zero-order valence-corrected chi connectivity index (χ0v) is 12.8. The third-order valence-electron chi connectivity index (χ3n) is 4.41. The first-order valence-corrected chi connectivity index (χ1v) is 7.63. The molecule has 1 aliphatic carbocycles.